The van der Waals surface area contributed by atoms with E-state index in [9.17, 15) is 13.6 Å². The fourth-order valence-corrected chi connectivity index (χ4v) is 2.42. The van der Waals surface area contributed by atoms with Crippen LogP contribution in [0.2, 0.25) is 0 Å². The highest BCUT2D eigenvalue weighted by Crippen LogP contribution is 2.30. The van der Waals surface area contributed by atoms with Crippen LogP contribution in [-0.2, 0) is 11.2 Å². The molecular formula is C13H12F2N4O2. The van der Waals surface area contributed by atoms with Gasteiger partial charge in [-0.15, -0.1) is 0 Å². The molecule has 0 aliphatic carbocycles. The molecule has 2 heterocycles. The minimum Gasteiger partial charge on any atom is -0.481 e. The van der Waals surface area contributed by atoms with E-state index < -0.39 is 23.6 Å². The molecule has 3 rings (SSSR count). The van der Waals surface area contributed by atoms with Gasteiger partial charge in [-0.05, 0) is 24.6 Å². The fourth-order valence-electron chi connectivity index (χ4n) is 2.42. The zero-order valence-electron chi connectivity index (χ0n) is 10.9. The molecule has 8 heteroatoms. The Labute approximate surface area is 118 Å². The van der Waals surface area contributed by atoms with E-state index in [1.807, 2.05) is 0 Å². The van der Waals surface area contributed by atoms with E-state index >= 15 is 0 Å². The van der Waals surface area contributed by atoms with Crippen LogP contribution in [0.1, 0.15) is 23.9 Å². The van der Waals surface area contributed by atoms with Crippen LogP contribution in [0.5, 0.6) is 0 Å². The van der Waals surface area contributed by atoms with E-state index in [4.69, 9.17) is 5.11 Å². The lowest BCUT2D eigenvalue weighted by atomic mass is 10.0. The smallest absolute Gasteiger partial charge is 0.311 e. The quantitative estimate of drug-likeness (QED) is 0.898. The maximum absolute atomic E-state index is 13.9. The summed E-state index contributed by atoms with van der Waals surface area (Å²) in [6, 6.07) is 2.75. The summed E-state index contributed by atoms with van der Waals surface area (Å²) in [5.74, 6) is -1.60. The second-order valence-electron chi connectivity index (χ2n) is 4.76. The molecule has 1 aromatic carbocycles. The number of nitrogens with one attached hydrogen (secondary N) is 1. The normalized spacial score (nSPS) is 17.1. The van der Waals surface area contributed by atoms with Crippen molar-refractivity contribution in [2.45, 2.75) is 18.9 Å². The van der Waals surface area contributed by atoms with Crippen molar-refractivity contribution in [3.8, 4) is 0 Å². The summed E-state index contributed by atoms with van der Waals surface area (Å²) in [7, 11) is 0. The molecular weight excluding hydrogens is 282 g/mol. The number of carboxylic acid groups (broad SMARTS) is 1. The Balaban J connectivity index is 2.01. The third kappa shape index (κ3) is 2.56. The molecule has 2 N–H and O–H groups in total. The Bertz CT molecular complexity index is 701. The topological polar surface area (TPSA) is 80.0 Å². The van der Waals surface area contributed by atoms with Crippen molar-refractivity contribution in [3.05, 3.63) is 41.2 Å². The Morgan fingerprint density at radius 3 is 3.05 bits per heavy atom. The van der Waals surface area contributed by atoms with E-state index in [-0.39, 0.29) is 17.8 Å². The van der Waals surface area contributed by atoms with Crippen LogP contribution in [0.15, 0.2) is 18.2 Å². The first-order valence-electron chi connectivity index (χ1n) is 6.40. The number of rotatable bonds is 3. The summed E-state index contributed by atoms with van der Waals surface area (Å²) < 4.78 is 28.7. The van der Waals surface area contributed by atoms with Crippen molar-refractivity contribution in [1.82, 2.24) is 14.8 Å². The minimum atomic E-state index is -1.05. The third-order valence-corrected chi connectivity index (χ3v) is 3.30. The molecule has 1 aliphatic heterocycles. The van der Waals surface area contributed by atoms with Gasteiger partial charge in [0.2, 0.25) is 5.95 Å². The lowest BCUT2D eigenvalue weighted by Crippen LogP contribution is -2.25. The van der Waals surface area contributed by atoms with Crippen LogP contribution in [0.3, 0.4) is 0 Å². The molecule has 1 aromatic heterocycles. The van der Waals surface area contributed by atoms with Gasteiger partial charge >= 0.3 is 5.97 Å². The molecule has 6 nitrogen and oxygen atoms in total. The number of aromatic nitrogens is 3. The highest BCUT2D eigenvalue weighted by atomic mass is 19.1. The maximum Gasteiger partial charge on any atom is 0.311 e. The first-order chi connectivity index (χ1) is 10.0. The number of aliphatic carboxylic acids is 1. The van der Waals surface area contributed by atoms with Crippen LogP contribution < -0.4 is 5.32 Å². The van der Waals surface area contributed by atoms with Gasteiger partial charge in [-0.3, -0.25) is 4.79 Å². The van der Waals surface area contributed by atoms with E-state index in [0.717, 1.165) is 18.2 Å². The van der Waals surface area contributed by atoms with E-state index in [0.29, 0.717) is 18.9 Å². The van der Waals surface area contributed by atoms with E-state index in [2.05, 4.69) is 15.4 Å². The monoisotopic (exact) mass is 294 g/mol. The van der Waals surface area contributed by atoms with Gasteiger partial charge in [0.25, 0.3) is 0 Å². The number of halogens is 2. The predicted octanol–water partition coefficient (Wildman–Crippen LogP) is 1.59. The zero-order valence-corrected chi connectivity index (χ0v) is 10.9. The molecule has 110 valence electrons. The molecule has 1 unspecified atom stereocenters. The van der Waals surface area contributed by atoms with Gasteiger partial charge in [0.1, 0.15) is 18.1 Å². The average Bonchev–Trinajstić information content (AvgIpc) is 2.82. The average molecular weight is 294 g/mol. The molecule has 1 atom stereocenters. The zero-order chi connectivity index (χ0) is 15.0. The SMILES string of the molecule is O=C(O)Cc1nc2n(n1)C(c1cc(F)ccc1F)CCN2. The Morgan fingerprint density at radius 2 is 2.29 bits per heavy atom. The van der Waals surface area contributed by atoms with Gasteiger partial charge in [-0.2, -0.15) is 10.1 Å². The van der Waals surface area contributed by atoms with Gasteiger partial charge in [-0.1, -0.05) is 0 Å². The third-order valence-electron chi connectivity index (χ3n) is 3.30. The van der Waals surface area contributed by atoms with E-state index in [1.165, 1.54) is 4.68 Å². The van der Waals surface area contributed by atoms with Gasteiger partial charge in [0.05, 0.1) is 6.04 Å². The number of hydrogen-bond acceptors (Lipinski definition) is 4. The molecule has 0 amide bonds. The van der Waals surface area contributed by atoms with E-state index in [1.54, 1.807) is 0 Å². The van der Waals surface area contributed by atoms with Crippen molar-refractivity contribution in [3.63, 3.8) is 0 Å². The molecule has 21 heavy (non-hydrogen) atoms. The Morgan fingerprint density at radius 1 is 1.48 bits per heavy atom. The molecule has 1 aliphatic rings. The molecule has 0 saturated heterocycles. The summed E-state index contributed by atoms with van der Waals surface area (Å²) in [5.41, 5.74) is 0.185. The number of fused-ring (bicyclic) bond motifs is 1. The molecule has 0 saturated carbocycles. The number of hydrogen-bond donors (Lipinski definition) is 2. The van der Waals surface area contributed by atoms with Crippen molar-refractivity contribution < 1.29 is 18.7 Å². The van der Waals surface area contributed by atoms with Crippen molar-refractivity contribution in [1.29, 1.82) is 0 Å². The summed E-state index contributed by atoms with van der Waals surface area (Å²) in [5, 5.41) is 15.8. The van der Waals surface area contributed by atoms with Gasteiger partial charge in [0, 0.05) is 12.1 Å². The molecule has 0 fully saturated rings. The lowest BCUT2D eigenvalue weighted by molar-refractivity contribution is -0.136. The van der Waals surface area contributed by atoms with Crippen LogP contribution in [-0.4, -0.2) is 32.4 Å². The summed E-state index contributed by atoms with van der Waals surface area (Å²) in [6.07, 6.45) is 0.184. The molecule has 2 aromatic rings. The first kappa shape index (κ1) is 13.5. The largest absolute Gasteiger partial charge is 0.481 e. The van der Waals surface area contributed by atoms with Gasteiger partial charge in [-0.25, -0.2) is 13.5 Å². The Hall–Kier alpha value is -2.51. The first-order valence-corrected chi connectivity index (χ1v) is 6.40. The highest BCUT2D eigenvalue weighted by molar-refractivity contribution is 5.69. The second kappa shape index (κ2) is 5.12. The van der Waals surface area contributed by atoms with Crippen molar-refractivity contribution in [2.24, 2.45) is 0 Å². The van der Waals surface area contributed by atoms with Crippen LogP contribution in [0, 0.1) is 11.6 Å². The second-order valence-corrected chi connectivity index (χ2v) is 4.76. The molecule has 0 radical (unpaired) electrons. The summed E-state index contributed by atoms with van der Waals surface area (Å²) in [6.45, 7) is 0.520. The predicted molar refractivity (Wildman–Crippen MR) is 69.0 cm³/mol. The summed E-state index contributed by atoms with van der Waals surface area (Å²) in [4.78, 5) is 14.8. The number of carbonyl (C=O) groups is 1. The maximum atomic E-state index is 13.9. The number of carboxylic acids is 1. The Kier molecular flexibility index (Phi) is 3.28. The van der Waals surface area contributed by atoms with Crippen LogP contribution in [0.4, 0.5) is 14.7 Å². The van der Waals surface area contributed by atoms with Crippen molar-refractivity contribution in [2.75, 3.05) is 11.9 Å². The summed E-state index contributed by atoms with van der Waals surface area (Å²) >= 11 is 0. The number of nitrogens with zero attached hydrogens (tertiary/aromatic N) is 3. The fraction of sp³-hybridized carbons (Fsp3) is 0.308. The molecule has 0 bridgehead atoms. The van der Waals surface area contributed by atoms with Gasteiger partial charge in [0.15, 0.2) is 5.82 Å². The van der Waals surface area contributed by atoms with Crippen LogP contribution >= 0.6 is 0 Å². The number of anilines is 1. The molecule has 0 spiro atoms. The number of benzene rings is 1. The standard InChI is InChI=1S/C13H12F2N4O2/c14-7-1-2-9(15)8(5-7)10-3-4-16-13-17-11(6-12(20)21)18-19(10)13/h1-2,5,10H,3-4,6H2,(H,20,21)(H,16,17,18). The minimum absolute atomic E-state index is 0.133. The van der Waals surface area contributed by atoms with Gasteiger partial charge < -0.3 is 10.4 Å². The van der Waals surface area contributed by atoms with Crippen molar-refractivity contribution >= 4 is 11.9 Å². The highest BCUT2D eigenvalue weighted by Gasteiger charge is 2.27. The lowest BCUT2D eigenvalue weighted by Gasteiger charge is -2.25. The van der Waals surface area contributed by atoms with Crippen LogP contribution in [0.25, 0.3) is 0 Å².